The maximum absolute atomic E-state index is 12.8. The molecule has 0 bridgehead atoms. The summed E-state index contributed by atoms with van der Waals surface area (Å²) in [7, 11) is -1.80. The smallest absolute Gasteiger partial charge is 0.243 e. The van der Waals surface area contributed by atoms with Crippen LogP contribution in [-0.2, 0) is 21.2 Å². The number of hydrogen-bond acceptors (Lipinski definition) is 4. The Morgan fingerprint density at radius 3 is 2.81 bits per heavy atom. The van der Waals surface area contributed by atoms with Crippen molar-refractivity contribution in [2.75, 3.05) is 31.6 Å². The molecular formula is C14H19N3O3S. The molecule has 0 spiro atoms. The van der Waals surface area contributed by atoms with Crippen LogP contribution in [0.3, 0.4) is 0 Å². The number of benzene rings is 1. The van der Waals surface area contributed by atoms with Gasteiger partial charge in [-0.05, 0) is 30.7 Å². The van der Waals surface area contributed by atoms with E-state index in [1.165, 1.54) is 4.31 Å². The Labute approximate surface area is 124 Å². The van der Waals surface area contributed by atoms with Gasteiger partial charge in [-0.2, -0.15) is 4.31 Å². The van der Waals surface area contributed by atoms with Crippen molar-refractivity contribution in [2.24, 2.45) is 0 Å². The molecule has 0 saturated carbocycles. The van der Waals surface area contributed by atoms with Crippen LogP contribution in [0.2, 0.25) is 0 Å². The summed E-state index contributed by atoms with van der Waals surface area (Å²) in [6, 6.07) is 4.89. The first kappa shape index (κ1) is 14.5. The maximum Gasteiger partial charge on any atom is 0.243 e. The average molecular weight is 309 g/mol. The Morgan fingerprint density at radius 1 is 1.33 bits per heavy atom. The highest BCUT2D eigenvalue weighted by atomic mass is 32.2. The summed E-state index contributed by atoms with van der Waals surface area (Å²) in [5.41, 5.74) is 1.58. The van der Waals surface area contributed by atoms with Crippen LogP contribution in [-0.4, -0.2) is 51.4 Å². The van der Waals surface area contributed by atoms with E-state index in [4.69, 9.17) is 0 Å². The van der Waals surface area contributed by atoms with Gasteiger partial charge in [-0.1, -0.05) is 0 Å². The summed E-state index contributed by atoms with van der Waals surface area (Å²) in [6.45, 7) is 3.69. The second-order valence-electron chi connectivity index (χ2n) is 5.59. The quantitative estimate of drug-likeness (QED) is 0.846. The Kier molecular flexibility index (Phi) is 3.51. The summed E-state index contributed by atoms with van der Waals surface area (Å²) < 4.78 is 27.1. The van der Waals surface area contributed by atoms with Gasteiger partial charge in [0.1, 0.15) is 0 Å². The molecule has 1 aromatic carbocycles. The van der Waals surface area contributed by atoms with Gasteiger partial charge < -0.3 is 10.2 Å². The van der Waals surface area contributed by atoms with Crippen molar-refractivity contribution in [1.29, 1.82) is 0 Å². The minimum Gasteiger partial charge on any atom is -0.315 e. The number of fused-ring (bicyclic) bond motifs is 1. The molecular weight excluding hydrogens is 290 g/mol. The van der Waals surface area contributed by atoms with E-state index in [-0.39, 0.29) is 23.3 Å². The van der Waals surface area contributed by atoms with E-state index < -0.39 is 10.0 Å². The highest BCUT2D eigenvalue weighted by Crippen LogP contribution is 2.31. The molecule has 1 unspecified atom stereocenters. The van der Waals surface area contributed by atoms with Crippen LogP contribution in [0.4, 0.5) is 5.69 Å². The molecule has 1 saturated heterocycles. The van der Waals surface area contributed by atoms with Crippen molar-refractivity contribution < 1.29 is 13.2 Å². The number of anilines is 1. The highest BCUT2D eigenvalue weighted by Gasteiger charge is 2.32. The lowest BCUT2D eigenvalue weighted by atomic mass is 10.2. The monoisotopic (exact) mass is 309 g/mol. The number of nitrogens with zero attached hydrogens (tertiary/aromatic N) is 2. The van der Waals surface area contributed by atoms with Crippen molar-refractivity contribution in [3.05, 3.63) is 23.8 Å². The molecule has 7 heteroatoms. The van der Waals surface area contributed by atoms with Crippen LogP contribution in [0, 0.1) is 0 Å². The first-order chi connectivity index (χ1) is 9.91. The first-order valence-corrected chi connectivity index (χ1v) is 8.47. The van der Waals surface area contributed by atoms with Crippen LogP contribution in [0.15, 0.2) is 23.1 Å². The van der Waals surface area contributed by atoms with Crippen LogP contribution in [0.5, 0.6) is 0 Å². The SMILES string of the molecule is CC1CNCCN1S(=O)(=O)c1ccc2c(c1)CC(=O)N2C. The first-order valence-electron chi connectivity index (χ1n) is 7.03. The molecule has 1 amide bonds. The molecule has 1 atom stereocenters. The number of sulfonamides is 1. The summed E-state index contributed by atoms with van der Waals surface area (Å²) in [4.78, 5) is 13.5. The van der Waals surface area contributed by atoms with E-state index in [9.17, 15) is 13.2 Å². The minimum absolute atomic E-state index is 0.00455. The van der Waals surface area contributed by atoms with E-state index in [0.29, 0.717) is 19.6 Å². The third-order valence-electron chi connectivity index (χ3n) is 4.18. The van der Waals surface area contributed by atoms with Gasteiger partial charge in [-0.3, -0.25) is 4.79 Å². The number of carbonyl (C=O) groups is 1. The second kappa shape index (κ2) is 5.08. The molecule has 2 aliphatic heterocycles. The molecule has 1 fully saturated rings. The number of nitrogens with one attached hydrogen (secondary N) is 1. The molecule has 1 N–H and O–H groups in total. The topological polar surface area (TPSA) is 69.7 Å². The summed E-state index contributed by atoms with van der Waals surface area (Å²) in [5, 5.41) is 3.18. The van der Waals surface area contributed by atoms with Crippen LogP contribution < -0.4 is 10.2 Å². The van der Waals surface area contributed by atoms with Gasteiger partial charge in [0.05, 0.1) is 11.3 Å². The molecule has 2 aliphatic rings. The van der Waals surface area contributed by atoms with Crippen LogP contribution >= 0.6 is 0 Å². The standard InChI is InChI=1S/C14H19N3O3S/c1-10-9-15-5-6-17(10)21(19,20)12-3-4-13-11(7-12)8-14(18)16(13)2/h3-4,7,10,15H,5-6,8-9H2,1-2H3. The lowest BCUT2D eigenvalue weighted by Crippen LogP contribution is -2.52. The van der Waals surface area contributed by atoms with Crippen molar-refractivity contribution >= 4 is 21.6 Å². The molecule has 0 aromatic heterocycles. The zero-order valence-electron chi connectivity index (χ0n) is 12.2. The molecule has 0 aliphatic carbocycles. The molecule has 6 nitrogen and oxygen atoms in total. The van der Waals surface area contributed by atoms with Crippen molar-refractivity contribution in [1.82, 2.24) is 9.62 Å². The third-order valence-corrected chi connectivity index (χ3v) is 6.18. The Hall–Kier alpha value is -1.44. The van der Waals surface area contributed by atoms with Gasteiger partial charge in [0.15, 0.2) is 0 Å². The summed E-state index contributed by atoms with van der Waals surface area (Å²) in [6.07, 6.45) is 0.270. The largest absolute Gasteiger partial charge is 0.315 e. The lowest BCUT2D eigenvalue weighted by molar-refractivity contribution is -0.117. The number of hydrogen-bond donors (Lipinski definition) is 1. The Morgan fingerprint density at radius 2 is 2.10 bits per heavy atom. The lowest BCUT2D eigenvalue weighted by Gasteiger charge is -2.32. The van der Waals surface area contributed by atoms with Gasteiger partial charge in [0.25, 0.3) is 0 Å². The minimum atomic E-state index is -3.50. The van der Waals surface area contributed by atoms with Crippen molar-refractivity contribution in [3.8, 4) is 0 Å². The van der Waals surface area contributed by atoms with E-state index in [1.54, 1.807) is 30.1 Å². The van der Waals surface area contributed by atoms with E-state index in [0.717, 1.165) is 11.3 Å². The number of piperazine rings is 1. The predicted octanol–water partition coefficient (Wildman–Crippen LogP) is 0.188. The fraction of sp³-hybridized carbons (Fsp3) is 0.500. The number of likely N-dealkylation sites (N-methyl/N-ethyl adjacent to an activating group) is 1. The molecule has 2 heterocycles. The van der Waals surface area contributed by atoms with E-state index in [1.807, 2.05) is 6.92 Å². The van der Waals surface area contributed by atoms with Crippen LogP contribution in [0.1, 0.15) is 12.5 Å². The zero-order valence-corrected chi connectivity index (χ0v) is 13.0. The van der Waals surface area contributed by atoms with Gasteiger partial charge >= 0.3 is 0 Å². The fourth-order valence-electron chi connectivity index (χ4n) is 2.92. The molecule has 114 valence electrons. The molecule has 3 rings (SSSR count). The summed E-state index contributed by atoms with van der Waals surface area (Å²) >= 11 is 0. The molecule has 0 radical (unpaired) electrons. The molecule has 21 heavy (non-hydrogen) atoms. The zero-order chi connectivity index (χ0) is 15.2. The van der Waals surface area contributed by atoms with E-state index in [2.05, 4.69) is 5.32 Å². The Balaban J connectivity index is 1.97. The highest BCUT2D eigenvalue weighted by molar-refractivity contribution is 7.89. The molecule has 1 aromatic rings. The average Bonchev–Trinajstić information content (AvgIpc) is 2.74. The fourth-order valence-corrected chi connectivity index (χ4v) is 4.60. The van der Waals surface area contributed by atoms with Gasteiger partial charge in [0.2, 0.25) is 15.9 Å². The van der Waals surface area contributed by atoms with E-state index >= 15 is 0 Å². The van der Waals surface area contributed by atoms with Gasteiger partial charge in [-0.15, -0.1) is 0 Å². The summed E-state index contributed by atoms with van der Waals surface area (Å²) in [5.74, 6) is -0.00455. The predicted molar refractivity (Wildman–Crippen MR) is 79.8 cm³/mol. The maximum atomic E-state index is 12.8. The number of carbonyl (C=O) groups excluding carboxylic acids is 1. The normalized spacial score (nSPS) is 23.4. The van der Waals surface area contributed by atoms with Crippen LogP contribution in [0.25, 0.3) is 0 Å². The number of amides is 1. The van der Waals surface area contributed by atoms with Crippen molar-refractivity contribution in [3.63, 3.8) is 0 Å². The Bertz CT molecular complexity index is 687. The third kappa shape index (κ3) is 2.35. The second-order valence-corrected chi connectivity index (χ2v) is 7.48. The van der Waals surface area contributed by atoms with Gasteiger partial charge in [0, 0.05) is 38.4 Å². The van der Waals surface area contributed by atoms with Crippen molar-refractivity contribution in [2.45, 2.75) is 24.3 Å². The number of rotatable bonds is 2. The van der Waals surface area contributed by atoms with Gasteiger partial charge in [-0.25, -0.2) is 8.42 Å².